The lowest BCUT2D eigenvalue weighted by molar-refractivity contribution is 0.299. The van der Waals surface area contributed by atoms with E-state index < -0.39 is 10.0 Å². The molecular weight excluding hydrogens is 370 g/mol. The smallest absolute Gasteiger partial charge is 0.240 e. The van der Waals surface area contributed by atoms with Crippen LogP contribution in [-0.2, 0) is 16.4 Å². The average molecular weight is 392 g/mol. The maximum Gasteiger partial charge on any atom is 0.240 e. The number of nitrogens with one attached hydrogen (secondary N) is 1. The zero-order valence-electron chi connectivity index (χ0n) is 15.0. The van der Waals surface area contributed by atoms with E-state index in [0.29, 0.717) is 0 Å². The molecule has 7 heteroatoms. The van der Waals surface area contributed by atoms with Gasteiger partial charge in [-0.3, -0.25) is 0 Å². The fraction of sp³-hybridized carbons (Fsp3) is 0.316. The monoisotopic (exact) mass is 391 g/mol. The molecule has 0 spiro atoms. The van der Waals surface area contributed by atoms with Gasteiger partial charge in [-0.1, -0.05) is 42.8 Å². The molecule has 0 bridgehead atoms. The summed E-state index contributed by atoms with van der Waals surface area (Å²) in [6, 6.07) is 14.1. The molecule has 0 amide bonds. The van der Waals surface area contributed by atoms with Crippen molar-refractivity contribution in [3.8, 4) is 6.07 Å². The van der Waals surface area contributed by atoms with Crippen LogP contribution in [0.1, 0.15) is 29.7 Å². The van der Waals surface area contributed by atoms with Gasteiger partial charge in [-0.2, -0.15) is 5.26 Å². The summed E-state index contributed by atoms with van der Waals surface area (Å²) in [5, 5.41) is 9.03. The van der Waals surface area contributed by atoms with Gasteiger partial charge in [0.15, 0.2) is 0 Å². The maximum atomic E-state index is 12.6. The Balaban J connectivity index is 2.19. The van der Waals surface area contributed by atoms with E-state index in [0.717, 1.165) is 12.0 Å². The average Bonchev–Trinajstić information content (AvgIpc) is 2.62. The van der Waals surface area contributed by atoms with Gasteiger partial charge in [-0.25, -0.2) is 13.1 Å². The largest absolute Gasteiger partial charge is 0.301 e. The van der Waals surface area contributed by atoms with E-state index in [1.54, 1.807) is 0 Å². The Morgan fingerprint density at radius 1 is 1.19 bits per heavy atom. The molecule has 0 aliphatic carbocycles. The fourth-order valence-electron chi connectivity index (χ4n) is 2.60. The number of nitrogens with zero attached hydrogens (tertiary/aromatic N) is 2. The van der Waals surface area contributed by atoms with Gasteiger partial charge in [0.2, 0.25) is 10.0 Å². The Labute approximate surface area is 160 Å². The predicted molar refractivity (Wildman–Crippen MR) is 104 cm³/mol. The first-order chi connectivity index (χ1) is 12.3. The van der Waals surface area contributed by atoms with Crippen molar-refractivity contribution in [3.05, 3.63) is 64.2 Å². The summed E-state index contributed by atoms with van der Waals surface area (Å²) in [4.78, 5) is 2.01. The summed E-state index contributed by atoms with van der Waals surface area (Å²) >= 11 is 5.95. The molecule has 2 rings (SSSR count). The highest BCUT2D eigenvalue weighted by molar-refractivity contribution is 7.89. The van der Waals surface area contributed by atoms with Crippen LogP contribution in [0.5, 0.6) is 0 Å². The van der Waals surface area contributed by atoms with E-state index in [1.165, 1.54) is 23.8 Å². The van der Waals surface area contributed by atoms with Crippen LogP contribution in [0, 0.1) is 11.3 Å². The Bertz CT molecular complexity index is 903. The second-order valence-electron chi connectivity index (χ2n) is 6.18. The van der Waals surface area contributed by atoms with Crippen molar-refractivity contribution < 1.29 is 8.42 Å². The lowest BCUT2D eigenvalue weighted by atomic mass is 10.0. The van der Waals surface area contributed by atoms with Crippen LogP contribution >= 0.6 is 11.6 Å². The van der Waals surface area contributed by atoms with Gasteiger partial charge in [-0.05, 0) is 49.8 Å². The molecule has 1 unspecified atom stereocenters. The third-order valence-electron chi connectivity index (χ3n) is 4.23. The normalized spacial score (nSPS) is 12.8. The number of hydrogen-bond donors (Lipinski definition) is 1. The topological polar surface area (TPSA) is 73.2 Å². The van der Waals surface area contributed by atoms with Crippen LogP contribution in [0.3, 0.4) is 0 Å². The summed E-state index contributed by atoms with van der Waals surface area (Å²) in [5.74, 6) is 0. The first kappa shape index (κ1) is 20.4. The highest BCUT2D eigenvalue weighted by Gasteiger charge is 2.20. The standard InChI is InChI=1S/C19H22ClN3O2S/c1-4-14-5-7-15(8-6-14)19(23(2)3)13-22-26(24,25)17-10-9-16(12-21)18(20)11-17/h5-11,19,22H,4,13H2,1-3H3. The lowest BCUT2D eigenvalue weighted by Gasteiger charge is -2.25. The molecule has 0 aromatic heterocycles. The number of nitriles is 1. The number of hydrogen-bond acceptors (Lipinski definition) is 4. The minimum absolute atomic E-state index is 0.0420. The predicted octanol–water partition coefficient (Wildman–Crippen LogP) is 3.36. The van der Waals surface area contributed by atoms with Gasteiger partial charge in [0.25, 0.3) is 0 Å². The number of aryl methyl sites for hydroxylation is 1. The summed E-state index contributed by atoms with van der Waals surface area (Å²) in [6.07, 6.45) is 0.957. The van der Waals surface area contributed by atoms with Gasteiger partial charge < -0.3 is 4.90 Å². The third kappa shape index (κ3) is 4.83. The van der Waals surface area contributed by atoms with Crippen molar-refractivity contribution >= 4 is 21.6 Å². The molecular formula is C19H22ClN3O2S. The van der Waals surface area contributed by atoms with Crippen molar-refractivity contribution in [1.82, 2.24) is 9.62 Å². The zero-order chi connectivity index (χ0) is 19.3. The van der Waals surface area contributed by atoms with Crippen LogP contribution in [0.2, 0.25) is 5.02 Å². The van der Waals surface area contributed by atoms with Crippen molar-refractivity contribution in [2.45, 2.75) is 24.3 Å². The summed E-state index contributed by atoms with van der Waals surface area (Å²) in [7, 11) is 0.0883. The second-order valence-corrected chi connectivity index (χ2v) is 8.35. The van der Waals surface area contributed by atoms with E-state index in [9.17, 15) is 8.42 Å². The summed E-state index contributed by atoms with van der Waals surface area (Å²) < 4.78 is 27.8. The molecule has 2 aromatic carbocycles. The molecule has 1 N–H and O–H groups in total. The fourth-order valence-corrected chi connectivity index (χ4v) is 3.95. The molecule has 0 saturated heterocycles. The van der Waals surface area contributed by atoms with Crippen LogP contribution in [0.4, 0.5) is 0 Å². The summed E-state index contributed by atoms with van der Waals surface area (Å²) in [6.45, 7) is 2.31. The van der Waals surface area contributed by atoms with Crippen molar-refractivity contribution in [1.29, 1.82) is 5.26 Å². The van der Waals surface area contributed by atoms with Crippen LogP contribution < -0.4 is 4.72 Å². The van der Waals surface area contributed by atoms with Gasteiger partial charge in [0, 0.05) is 12.6 Å². The highest BCUT2D eigenvalue weighted by Crippen LogP contribution is 2.22. The van der Waals surface area contributed by atoms with E-state index >= 15 is 0 Å². The van der Waals surface area contributed by atoms with Gasteiger partial charge in [-0.15, -0.1) is 0 Å². The summed E-state index contributed by atoms with van der Waals surface area (Å²) in [5.41, 5.74) is 2.51. The Morgan fingerprint density at radius 3 is 2.35 bits per heavy atom. The minimum atomic E-state index is -3.73. The van der Waals surface area contributed by atoms with E-state index in [1.807, 2.05) is 37.2 Å². The first-order valence-electron chi connectivity index (χ1n) is 8.23. The molecule has 0 fully saturated rings. The SMILES string of the molecule is CCc1ccc(C(CNS(=O)(=O)c2ccc(C#N)c(Cl)c2)N(C)C)cc1. The van der Waals surface area contributed by atoms with E-state index in [-0.39, 0.29) is 28.1 Å². The second kappa shape index (κ2) is 8.65. The number of benzene rings is 2. The van der Waals surface area contributed by atoms with E-state index in [4.69, 9.17) is 16.9 Å². The molecule has 5 nitrogen and oxygen atoms in total. The number of halogens is 1. The number of rotatable bonds is 7. The molecule has 138 valence electrons. The molecule has 0 saturated carbocycles. The van der Waals surface area contributed by atoms with Crippen LogP contribution in [0.15, 0.2) is 47.4 Å². The molecule has 0 aliphatic heterocycles. The number of sulfonamides is 1. The Hall–Kier alpha value is -1.91. The van der Waals surface area contributed by atoms with Gasteiger partial charge in [0.05, 0.1) is 15.5 Å². The number of likely N-dealkylation sites (N-methyl/N-ethyl adjacent to an activating group) is 1. The van der Waals surface area contributed by atoms with E-state index in [2.05, 4.69) is 23.8 Å². The maximum absolute atomic E-state index is 12.6. The molecule has 0 radical (unpaired) electrons. The molecule has 1 atom stereocenters. The molecule has 26 heavy (non-hydrogen) atoms. The van der Waals surface area contributed by atoms with Crippen molar-refractivity contribution in [2.75, 3.05) is 20.6 Å². The highest BCUT2D eigenvalue weighted by atomic mass is 35.5. The lowest BCUT2D eigenvalue weighted by Crippen LogP contribution is -2.34. The van der Waals surface area contributed by atoms with Gasteiger partial charge in [0.1, 0.15) is 6.07 Å². The van der Waals surface area contributed by atoms with Gasteiger partial charge >= 0.3 is 0 Å². The Kier molecular flexibility index (Phi) is 6.79. The molecule has 0 aliphatic rings. The first-order valence-corrected chi connectivity index (χ1v) is 10.1. The molecule has 0 heterocycles. The molecule has 2 aromatic rings. The third-order valence-corrected chi connectivity index (χ3v) is 5.97. The van der Waals surface area contributed by atoms with Crippen molar-refractivity contribution in [3.63, 3.8) is 0 Å². The zero-order valence-corrected chi connectivity index (χ0v) is 16.6. The van der Waals surface area contributed by atoms with Crippen molar-refractivity contribution in [2.24, 2.45) is 0 Å². The minimum Gasteiger partial charge on any atom is -0.301 e. The van der Waals surface area contributed by atoms with Crippen LogP contribution in [0.25, 0.3) is 0 Å². The Morgan fingerprint density at radius 2 is 1.85 bits per heavy atom. The quantitative estimate of drug-likeness (QED) is 0.785. The van der Waals surface area contributed by atoms with Crippen LogP contribution in [-0.4, -0.2) is 34.0 Å².